The first kappa shape index (κ1) is 17.5. The van der Waals surface area contributed by atoms with Crippen molar-refractivity contribution in [3.05, 3.63) is 35.9 Å². The minimum atomic E-state index is -0.537. The molecule has 0 radical (unpaired) electrons. The maximum absolute atomic E-state index is 12.1. The van der Waals surface area contributed by atoms with Crippen molar-refractivity contribution >= 4 is 23.8 Å². The van der Waals surface area contributed by atoms with Gasteiger partial charge in [-0.25, -0.2) is 0 Å². The van der Waals surface area contributed by atoms with E-state index < -0.39 is 5.91 Å². The molecule has 0 aliphatic carbocycles. The number of primary amides is 2. The van der Waals surface area contributed by atoms with Gasteiger partial charge in [0.05, 0.1) is 0 Å². The molecule has 1 aliphatic rings. The highest BCUT2D eigenvalue weighted by molar-refractivity contribution is 5.92. The van der Waals surface area contributed by atoms with Crippen LogP contribution in [0, 0.1) is 5.92 Å². The number of ether oxygens (including phenoxy) is 1. The zero-order chi connectivity index (χ0) is 17.5. The maximum atomic E-state index is 12.1. The van der Waals surface area contributed by atoms with E-state index in [-0.39, 0.29) is 24.3 Å². The molecule has 1 fully saturated rings. The van der Waals surface area contributed by atoms with Crippen molar-refractivity contribution in [2.75, 3.05) is 19.7 Å². The molecule has 1 aliphatic heterocycles. The summed E-state index contributed by atoms with van der Waals surface area (Å²) in [4.78, 5) is 35.6. The SMILES string of the molecule is NC(=O)COc1ccc(/C=C/C(=O)N2CCC(C(N)=O)CC2)cc1. The number of carbonyl (C=O) groups is 3. The standard InChI is InChI=1S/C17H21N3O4/c18-15(21)11-24-14-4-1-12(2-5-14)3-6-16(22)20-9-7-13(8-10-20)17(19)23/h1-6,13H,7-11H2,(H2,18,21)(H2,19,23)/b6-3+. The first-order valence-corrected chi connectivity index (χ1v) is 7.73. The summed E-state index contributed by atoms with van der Waals surface area (Å²) in [5.74, 6) is -0.523. The van der Waals surface area contributed by atoms with Crippen LogP contribution in [-0.2, 0) is 14.4 Å². The summed E-state index contributed by atoms with van der Waals surface area (Å²) in [5.41, 5.74) is 11.1. The number of hydrogen-bond donors (Lipinski definition) is 2. The van der Waals surface area contributed by atoms with E-state index in [9.17, 15) is 14.4 Å². The molecule has 3 amide bonds. The van der Waals surface area contributed by atoms with Crippen LogP contribution in [0.2, 0.25) is 0 Å². The molecule has 7 heteroatoms. The first-order chi connectivity index (χ1) is 11.5. The van der Waals surface area contributed by atoms with Gasteiger partial charge >= 0.3 is 0 Å². The quantitative estimate of drug-likeness (QED) is 0.729. The molecule has 0 aromatic heterocycles. The number of nitrogens with zero attached hydrogens (tertiary/aromatic N) is 1. The van der Waals surface area contributed by atoms with E-state index in [4.69, 9.17) is 16.2 Å². The van der Waals surface area contributed by atoms with Crippen molar-refractivity contribution < 1.29 is 19.1 Å². The van der Waals surface area contributed by atoms with Gasteiger partial charge < -0.3 is 21.1 Å². The van der Waals surface area contributed by atoms with Gasteiger partial charge in [0.15, 0.2) is 6.61 Å². The van der Waals surface area contributed by atoms with Crippen molar-refractivity contribution in [3.8, 4) is 5.75 Å². The van der Waals surface area contributed by atoms with Gasteiger partial charge in [0.1, 0.15) is 5.75 Å². The predicted molar refractivity (Wildman–Crippen MR) is 88.7 cm³/mol. The number of likely N-dealkylation sites (tertiary alicyclic amines) is 1. The number of amides is 3. The van der Waals surface area contributed by atoms with Crippen molar-refractivity contribution in [2.45, 2.75) is 12.8 Å². The van der Waals surface area contributed by atoms with Crippen molar-refractivity contribution in [2.24, 2.45) is 17.4 Å². The lowest BCUT2D eigenvalue weighted by Gasteiger charge is -2.29. The minimum Gasteiger partial charge on any atom is -0.484 e. The van der Waals surface area contributed by atoms with Gasteiger partial charge in [0.2, 0.25) is 11.8 Å². The zero-order valence-corrected chi connectivity index (χ0v) is 13.3. The van der Waals surface area contributed by atoms with E-state index in [1.54, 1.807) is 35.2 Å². The van der Waals surface area contributed by atoms with Crippen LogP contribution in [0.5, 0.6) is 5.75 Å². The molecule has 0 saturated carbocycles. The highest BCUT2D eigenvalue weighted by atomic mass is 16.5. The predicted octanol–water partition coefficient (Wildman–Crippen LogP) is 0.288. The lowest BCUT2D eigenvalue weighted by atomic mass is 9.96. The molecule has 7 nitrogen and oxygen atoms in total. The van der Waals surface area contributed by atoms with Crippen molar-refractivity contribution in [1.82, 2.24) is 4.90 Å². The van der Waals surface area contributed by atoms with Crippen LogP contribution in [0.4, 0.5) is 0 Å². The van der Waals surface area contributed by atoms with Crippen molar-refractivity contribution in [3.63, 3.8) is 0 Å². The number of piperidine rings is 1. The molecule has 0 spiro atoms. The lowest BCUT2D eigenvalue weighted by molar-refractivity contribution is -0.130. The average molecular weight is 331 g/mol. The monoisotopic (exact) mass is 331 g/mol. The Hall–Kier alpha value is -2.83. The summed E-state index contributed by atoms with van der Waals surface area (Å²) < 4.78 is 5.16. The van der Waals surface area contributed by atoms with E-state index in [1.165, 1.54) is 6.08 Å². The molecule has 4 N–H and O–H groups in total. The van der Waals surface area contributed by atoms with Gasteiger partial charge in [-0.1, -0.05) is 12.1 Å². The Kier molecular flexibility index (Phi) is 5.95. The molecule has 0 bridgehead atoms. The van der Waals surface area contributed by atoms with Gasteiger partial charge in [0.25, 0.3) is 5.91 Å². The Morgan fingerprint density at radius 1 is 1.12 bits per heavy atom. The highest BCUT2D eigenvalue weighted by Gasteiger charge is 2.24. The third-order valence-electron chi connectivity index (χ3n) is 3.89. The molecule has 1 aromatic rings. The fraction of sp³-hybridized carbons (Fsp3) is 0.353. The fourth-order valence-corrected chi connectivity index (χ4v) is 2.49. The van der Waals surface area contributed by atoms with E-state index in [1.807, 2.05) is 0 Å². The van der Waals surface area contributed by atoms with Crippen LogP contribution >= 0.6 is 0 Å². The number of nitrogens with two attached hydrogens (primary N) is 2. The van der Waals surface area contributed by atoms with E-state index in [2.05, 4.69) is 0 Å². The first-order valence-electron chi connectivity index (χ1n) is 7.73. The van der Waals surface area contributed by atoms with E-state index >= 15 is 0 Å². The summed E-state index contributed by atoms with van der Waals surface area (Å²) in [6.45, 7) is 0.905. The summed E-state index contributed by atoms with van der Waals surface area (Å²) in [7, 11) is 0. The number of benzene rings is 1. The average Bonchev–Trinajstić information content (AvgIpc) is 2.58. The topological polar surface area (TPSA) is 116 Å². The van der Waals surface area contributed by atoms with Crippen LogP contribution in [-0.4, -0.2) is 42.3 Å². The summed E-state index contributed by atoms with van der Waals surface area (Å²) in [6.07, 6.45) is 4.44. The van der Waals surface area contributed by atoms with Crippen LogP contribution in [0.15, 0.2) is 30.3 Å². The lowest BCUT2D eigenvalue weighted by Crippen LogP contribution is -2.41. The summed E-state index contributed by atoms with van der Waals surface area (Å²) in [5, 5.41) is 0. The van der Waals surface area contributed by atoms with Crippen LogP contribution in [0.25, 0.3) is 6.08 Å². The molecule has 1 saturated heterocycles. The second-order valence-electron chi connectivity index (χ2n) is 5.66. The molecule has 128 valence electrons. The van der Waals surface area contributed by atoms with Crippen LogP contribution in [0.1, 0.15) is 18.4 Å². The Morgan fingerprint density at radius 2 is 1.75 bits per heavy atom. The smallest absolute Gasteiger partial charge is 0.255 e. The Labute approximate surface area is 140 Å². The second kappa shape index (κ2) is 8.14. The Balaban J connectivity index is 1.85. The number of hydrogen-bond acceptors (Lipinski definition) is 4. The van der Waals surface area contributed by atoms with Crippen LogP contribution in [0.3, 0.4) is 0 Å². The molecule has 1 aromatic carbocycles. The number of rotatable bonds is 6. The minimum absolute atomic E-state index is 0.0908. The van der Waals surface area contributed by atoms with Gasteiger partial charge in [-0.3, -0.25) is 14.4 Å². The number of carbonyl (C=O) groups excluding carboxylic acids is 3. The van der Waals surface area contributed by atoms with E-state index in [0.717, 1.165) is 5.56 Å². The van der Waals surface area contributed by atoms with E-state index in [0.29, 0.717) is 31.7 Å². The van der Waals surface area contributed by atoms with Crippen LogP contribution < -0.4 is 16.2 Å². The molecule has 24 heavy (non-hydrogen) atoms. The third kappa shape index (κ3) is 5.12. The van der Waals surface area contributed by atoms with Gasteiger partial charge in [-0.05, 0) is 36.6 Å². The van der Waals surface area contributed by atoms with Gasteiger partial charge in [-0.15, -0.1) is 0 Å². The molecular weight excluding hydrogens is 310 g/mol. The maximum Gasteiger partial charge on any atom is 0.255 e. The Morgan fingerprint density at radius 3 is 2.29 bits per heavy atom. The van der Waals surface area contributed by atoms with Crippen molar-refractivity contribution in [1.29, 1.82) is 0 Å². The molecule has 2 rings (SSSR count). The second-order valence-corrected chi connectivity index (χ2v) is 5.66. The highest BCUT2D eigenvalue weighted by Crippen LogP contribution is 2.17. The largest absolute Gasteiger partial charge is 0.484 e. The Bertz CT molecular complexity index is 632. The molecule has 0 atom stereocenters. The molecule has 0 unspecified atom stereocenters. The van der Waals surface area contributed by atoms with Gasteiger partial charge in [0, 0.05) is 25.1 Å². The third-order valence-corrected chi connectivity index (χ3v) is 3.89. The normalized spacial score (nSPS) is 15.4. The zero-order valence-electron chi connectivity index (χ0n) is 13.3. The van der Waals surface area contributed by atoms with Gasteiger partial charge in [-0.2, -0.15) is 0 Å². The fourth-order valence-electron chi connectivity index (χ4n) is 2.49. The summed E-state index contributed by atoms with van der Waals surface area (Å²) >= 11 is 0. The molecular formula is C17H21N3O4. The molecule has 1 heterocycles. The summed E-state index contributed by atoms with van der Waals surface area (Å²) in [6, 6.07) is 6.95.